The number of carbonyl (C=O) groups is 2. The quantitative estimate of drug-likeness (QED) is 0.576. The maximum absolute atomic E-state index is 13.5. The predicted molar refractivity (Wildman–Crippen MR) is 125 cm³/mol. The van der Waals surface area contributed by atoms with Crippen molar-refractivity contribution in [3.8, 4) is 11.5 Å². The van der Waals surface area contributed by atoms with Gasteiger partial charge in [0.1, 0.15) is 17.2 Å². The van der Waals surface area contributed by atoms with Crippen molar-refractivity contribution in [2.75, 3.05) is 24.4 Å². The van der Waals surface area contributed by atoms with E-state index < -0.39 is 11.8 Å². The number of amides is 2. The summed E-state index contributed by atoms with van der Waals surface area (Å²) in [5, 5.41) is 3.18. The first-order valence-corrected chi connectivity index (χ1v) is 10.2. The molecule has 0 aliphatic carbocycles. The summed E-state index contributed by atoms with van der Waals surface area (Å²) >= 11 is 0. The number of ether oxygens (including phenoxy) is 2. The standard InChI is InChI=1S/C26H24N2O4/c1-16-5-8-18(9-6-16)23-24(27-21-15-17(2)7-14-22(21)32-4)26(30)28(25(23)29)19-10-12-20(31-3)13-11-19/h5-15,27H,1-4H3. The van der Waals surface area contributed by atoms with Crippen LogP contribution in [-0.2, 0) is 9.59 Å². The fourth-order valence-electron chi connectivity index (χ4n) is 3.65. The molecule has 3 aromatic rings. The lowest BCUT2D eigenvalue weighted by Gasteiger charge is -2.16. The number of imide groups is 1. The summed E-state index contributed by atoms with van der Waals surface area (Å²) in [4.78, 5) is 28.2. The van der Waals surface area contributed by atoms with Crippen LogP contribution < -0.4 is 19.7 Å². The first kappa shape index (κ1) is 21.2. The average Bonchev–Trinajstić information content (AvgIpc) is 3.04. The smallest absolute Gasteiger partial charge is 0.282 e. The van der Waals surface area contributed by atoms with E-state index in [1.54, 1.807) is 38.5 Å². The minimum atomic E-state index is -0.431. The van der Waals surface area contributed by atoms with E-state index in [4.69, 9.17) is 9.47 Å². The molecule has 3 aromatic carbocycles. The van der Waals surface area contributed by atoms with Gasteiger partial charge in [-0.3, -0.25) is 9.59 Å². The van der Waals surface area contributed by atoms with Gasteiger partial charge in [-0.1, -0.05) is 35.9 Å². The predicted octanol–water partition coefficient (Wildman–Crippen LogP) is 4.72. The van der Waals surface area contributed by atoms with Crippen LogP contribution in [0.15, 0.2) is 72.4 Å². The zero-order chi connectivity index (χ0) is 22.8. The van der Waals surface area contributed by atoms with Crippen LogP contribution in [0, 0.1) is 13.8 Å². The fraction of sp³-hybridized carbons (Fsp3) is 0.154. The number of benzene rings is 3. The molecule has 0 unspecified atom stereocenters. The van der Waals surface area contributed by atoms with E-state index in [9.17, 15) is 9.59 Å². The van der Waals surface area contributed by atoms with E-state index >= 15 is 0 Å². The van der Waals surface area contributed by atoms with Crippen LogP contribution in [0.1, 0.15) is 16.7 Å². The van der Waals surface area contributed by atoms with Crippen LogP contribution in [0.3, 0.4) is 0 Å². The second-order valence-electron chi connectivity index (χ2n) is 7.59. The number of carbonyl (C=O) groups excluding carboxylic acids is 2. The number of anilines is 2. The molecule has 1 N–H and O–H groups in total. The molecule has 1 heterocycles. The Balaban J connectivity index is 1.83. The Morgan fingerprint density at radius 3 is 2.03 bits per heavy atom. The number of rotatable bonds is 6. The molecule has 0 bridgehead atoms. The number of hydrogen-bond acceptors (Lipinski definition) is 5. The van der Waals surface area contributed by atoms with Crippen molar-refractivity contribution in [1.29, 1.82) is 0 Å². The highest BCUT2D eigenvalue weighted by molar-refractivity contribution is 6.46. The molecular formula is C26H24N2O4. The Kier molecular flexibility index (Phi) is 5.69. The molecule has 0 fully saturated rings. The Bertz CT molecular complexity index is 1210. The molecule has 0 radical (unpaired) electrons. The number of hydrogen-bond donors (Lipinski definition) is 1. The van der Waals surface area contributed by atoms with Crippen LogP contribution in [0.4, 0.5) is 11.4 Å². The fourth-order valence-corrected chi connectivity index (χ4v) is 3.65. The maximum Gasteiger partial charge on any atom is 0.282 e. The third-order valence-electron chi connectivity index (χ3n) is 5.37. The van der Waals surface area contributed by atoms with Crippen molar-refractivity contribution in [3.63, 3.8) is 0 Å². The molecule has 6 nitrogen and oxygen atoms in total. The summed E-state index contributed by atoms with van der Waals surface area (Å²) in [6.45, 7) is 3.92. The van der Waals surface area contributed by atoms with Gasteiger partial charge in [-0.25, -0.2) is 4.90 Å². The molecule has 162 valence electrons. The SMILES string of the molecule is COc1ccc(N2C(=O)C(Nc3cc(C)ccc3OC)=C(c3ccc(C)cc3)C2=O)cc1. The number of nitrogens with one attached hydrogen (secondary N) is 1. The van der Waals surface area contributed by atoms with Crippen LogP contribution >= 0.6 is 0 Å². The van der Waals surface area contributed by atoms with Crippen molar-refractivity contribution in [3.05, 3.63) is 89.1 Å². The maximum atomic E-state index is 13.5. The highest BCUT2D eigenvalue weighted by atomic mass is 16.5. The third kappa shape index (κ3) is 3.83. The van der Waals surface area contributed by atoms with E-state index in [-0.39, 0.29) is 5.70 Å². The monoisotopic (exact) mass is 428 g/mol. The largest absolute Gasteiger partial charge is 0.497 e. The highest BCUT2D eigenvalue weighted by Gasteiger charge is 2.40. The summed E-state index contributed by atoms with van der Waals surface area (Å²) in [6.07, 6.45) is 0. The Morgan fingerprint density at radius 2 is 1.41 bits per heavy atom. The van der Waals surface area contributed by atoms with Gasteiger partial charge in [-0.05, 0) is 61.4 Å². The van der Waals surface area contributed by atoms with E-state index in [0.29, 0.717) is 34.0 Å². The van der Waals surface area contributed by atoms with Gasteiger partial charge >= 0.3 is 0 Å². The van der Waals surface area contributed by atoms with E-state index in [1.807, 2.05) is 56.3 Å². The summed E-state index contributed by atoms with van der Waals surface area (Å²) in [6, 6.07) is 20.0. The van der Waals surface area contributed by atoms with Gasteiger partial charge in [0.2, 0.25) is 0 Å². The van der Waals surface area contributed by atoms with Gasteiger partial charge in [0.25, 0.3) is 11.8 Å². The van der Waals surface area contributed by atoms with Gasteiger partial charge in [0, 0.05) is 0 Å². The minimum Gasteiger partial charge on any atom is -0.497 e. The number of aryl methyl sites for hydroxylation is 2. The summed E-state index contributed by atoms with van der Waals surface area (Å²) in [5.74, 6) is 0.398. The first-order chi connectivity index (χ1) is 15.4. The van der Waals surface area contributed by atoms with E-state index in [0.717, 1.165) is 11.1 Å². The van der Waals surface area contributed by atoms with Gasteiger partial charge < -0.3 is 14.8 Å². The Morgan fingerprint density at radius 1 is 0.750 bits per heavy atom. The lowest BCUT2D eigenvalue weighted by atomic mass is 10.0. The van der Waals surface area contributed by atoms with Crippen LogP contribution in [0.2, 0.25) is 0 Å². The lowest BCUT2D eigenvalue weighted by molar-refractivity contribution is -0.120. The second-order valence-corrected chi connectivity index (χ2v) is 7.59. The second kappa shape index (κ2) is 8.59. The normalized spacial score (nSPS) is 13.6. The van der Waals surface area contributed by atoms with E-state index in [2.05, 4.69) is 5.32 Å². The molecule has 4 rings (SSSR count). The molecule has 0 aromatic heterocycles. The lowest BCUT2D eigenvalue weighted by Crippen LogP contribution is -2.32. The molecule has 6 heteroatoms. The van der Waals surface area contributed by atoms with Gasteiger partial charge in [-0.15, -0.1) is 0 Å². The zero-order valence-corrected chi connectivity index (χ0v) is 18.4. The van der Waals surface area contributed by atoms with E-state index in [1.165, 1.54) is 4.90 Å². The molecule has 32 heavy (non-hydrogen) atoms. The zero-order valence-electron chi connectivity index (χ0n) is 18.4. The molecule has 0 atom stereocenters. The highest BCUT2D eigenvalue weighted by Crippen LogP contribution is 2.36. The molecular weight excluding hydrogens is 404 g/mol. The molecule has 1 aliphatic rings. The molecule has 1 aliphatic heterocycles. The van der Waals surface area contributed by atoms with Gasteiger partial charge in [0.05, 0.1) is 31.2 Å². The number of nitrogens with zero attached hydrogens (tertiary/aromatic N) is 1. The molecule has 0 spiro atoms. The molecule has 0 saturated carbocycles. The van der Waals surface area contributed by atoms with Crippen molar-refractivity contribution < 1.29 is 19.1 Å². The van der Waals surface area contributed by atoms with Gasteiger partial charge in [0.15, 0.2) is 0 Å². The Labute approximate surface area is 187 Å². The first-order valence-electron chi connectivity index (χ1n) is 10.2. The van der Waals surface area contributed by atoms with Crippen molar-refractivity contribution in [1.82, 2.24) is 0 Å². The molecule has 0 saturated heterocycles. The van der Waals surface area contributed by atoms with Gasteiger partial charge in [-0.2, -0.15) is 0 Å². The van der Waals surface area contributed by atoms with Crippen LogP contribution in [0.5, 0.6) is 11.5 Å². The molecule has 2 amide bonds. The Hall–Kier alpha value is -4.06. The number of methoxy groups -OCH3 is 2. The van der Waals surface area contributed by atoms with Crippen LogP contribution in [-0.4, -0.2) is 26.0 Å². The van der Waals surface area contributed by atoms with Crippen molar-refractivity contribution in [2.24, 2.45) is 0 Å². The summed E-state index contributed by atoms with van der Waals surface area (Å²) in [5.41, 5.74) is 4.33. The summed E-state index contributed by atoms with van der Waals surface area (Å²) < 4.78 is 10.7. The van der Waals surface area contributed by atoms with Crippen molar-refractivity contribution >= 4 is 28.8 Å². The van der Waals surface area contributed by atoms with Crippen LogP contribution in [0.25, 0.3) is 5.57 Å². The van der Waals surface area contributed by atoms with Crippen molar-refractivity contribution in [2.45, 2.75) is 13.8 Å². The minimum absolute atomic E-state index is 0.207. The third-order valence-corrected chi connectivity index (χ3v) is 5.37. The average molecular weight is 428 g/mol. The summed E-state index contributed by atoms with van der Waals surface area (Å²) in [7, 11) is 3.13. The topological polar surface area (TPSA) is 67.9 Å².